The van der Waals surface area contributed by atoms with Crippen LogP contribution in [0, 0.1) is 0 Å². The Bertz CT molecular complexity index is 370. The van der Waals surface area contributed by atoms with Gasteiger partial charge in [-0.3, -0.25) is 4.79 Å². The number of carbonyl (C=O) groups excluding carboxylic acids is 1. The summed E-state index contributed by atoms with van der Waals surface area (Å²) in [6.07, 6.45) is 2.01. The van der Waals surface area contributed by atoms with Crippen LogP contribution in [0.25, 0.3) is 0 Å². The summed E-state index contributed by atoms with van der Waals surface area (Å²) in [5.41, 5.74) is 1.14. The van der Waals surface area contributed by atoms with Crippen LogP contribution in [0.5, 0.6) is 0 Å². The van der Waals surface area contributed by atoms with Crippen LogP contribution in [-0.2, 0) is 11.2 Å². The molecule has 0 amide bonds. The van der Waals surface area contributed by atoms with Crippen LogP contribution in [0.1, 0.15) is 5.56 Å². The summed E-state index contributed by atoms with van der Waals surface area (Å²) in [5.74, 6) is 0.198. The molecule has 1 aromatic rings. The van der Waals surface area contributed by atoms with Crippen molar-refractivity contribution in [3.8, 4) is 0 Å². The fraction of sp³-hybridized carbons (Fsp3) is 0.182. The minimum absolute atomic E-state index is 0.0524. The summed E-state index contributed by atoms with van der Waals surface area (Å²) in [7, 11) is 0. The maximum absolute atomic E-state index is 11.0. The van der Waals surface area contributed by atoms with Crippen molar-refractivity contribution in [3.63, 3.8) is 0 Å². The Morgan fingerprint density at radius 1 is 1.29 bits per heavy atom. The largest absolute Gasteiger partial charge is 0.511 e. The molecule has 14 heavy (non-hydrogen) atoms. The Morgan fingerprint density at radius 2 is 2.00 bits per heavy atom. The van der Waals surface area contributed by atoms with Crippen molar-refractivity contribution in [1.29, 1.82) is 0 Å². The third kappa shape index (κ3) is 1.99. The Kier molecular flexibility index (Phi) is 2.59. The zero-order valence-electron chi connectivity index (χ0n) is 7.51. The van der Waals surface area contributed by atoms with E-state index in [2.05, 4.69) is 0 Å². The van der Waals surface area contributed by atoms with E-state index in [9.17, 15) is 9.90 Å². The summed E-state index contributed by atoms with van der Waals surface area (Å²) in [6, 6.07) is 9.86. The first-order valence-electron chi connectivity index (χ1n) is 4.41. The van der Waals surface area contributed by atoms with Crippen LogP contribution in [-0.4, -0.2) is 15.5 Å². The third-order valence-corrected chi connectivity index (χ3v) is 3.16. The number of thioether (sulfide) groups is 1. The van der Waals surface area contributed by atoms with Gasteiger partial charge in [-0.25, -0.2) is 0 Å². The molecule has 1 heterocycles. The number of carbonyl (C=O) groups is 1. The van der Waals surface area contributed by atoms with E-state index < -0.39 is 0 Å². The molecule has 0 radical (unpaired) electrons. The van der Waals surface area contributed by atoms with Crippen LogP contribution in [0.4, 0.5) is 0 Å². The van der Waals surface area contributed by atoms with Gasteiger partial charge in [-0.05, 0) is 12.0 Å². The minimum Gasteiger partial charge on any atom is -0.511 e. The van der Waals surface area contributed by atoms with Crippen LogP contribution >= 0.6 is 11.8 Å². The topological polar surface area (TPSA) is 37.3 Å². The molecular formula is C11H10O2S. The molecule has 0 bridgehead atoms. The third-order valence-electron chi connectivity index (χ3n) is 2.12. The molecule has 0 spiro atoms. The number of rotatable bonds is 2. The Labute approximate surface area is 86.6 Å². The van der Waals surface area contributed by atoms with E-state index in [4.69, 9.17) is 0 Å². The maximum atomic E-state index is 11.0. The number of benzene rings is 1. The van der Waals surface area contributed by atoms with E-state index in [-0.39, 0.29) is 16.1 Å². The zero-order chi connectivity index (χ0) is 9.97. The predicted octanol–water partition coefficient (Wildman–Crippen LogP) is 2.31. The second kappa shape index (κ2) is 3.88. The number of hydrogen-bond acceptors (Lipinski definition) is 3. The van der Waals surface area contributed by atoms with Crippen molar-refractivity contribution in [2.45, 2.75) is 11.7 Å². The molecule has 2 nitrogen and oxygen atoms in total. The SMILES string of the molecule is O=C1C=C(O)C(Cc2ccccc2)S1. The van der Waals surface area contributed by atoms with E-state index >= 15 is 0 Å². The Hall–Kier alpha value is -1.22. The second-order valence-electron chi connectivity index (χ2n) is 3.18. The normalized spacial score (nSPS) is 21.0. The molecule has 0 saturated heterocycles. The Morgan fingerprint density at radius 3 is 2.57 bits per heavy atom. The molecule has 1 aliphatic rings. The van der Waals surface area contributed by atoms with Gasteiger partial charge in [0.05, 0.1) is 5.25 Å². The van der Waals surface area contributed by atoms with Crippen molar-refractivity contribution in [1.82, 2.24) is 0 Å². The van der Waals surface area contributed by atoms with Crippen molar-refractivity contribution >= 4 is 16.9 Å². The first-order valence-corrected chi connectivity index (χ1v) is 5.29. The predicted molar refractivity (Wildman–Crippen MR) is 57.2 cm³/mol. The lowest BCUT2D eigenvalue weighted by Gasteiger charge is -2.08. The summed E-state index contributed by atoms with van der Waals surface area (Å²) in [4.78, 5) is 11.0. The zero-order valence-corrected chi connectivity index (χ0v) is 8.33. The van der Waals surface area contributed by atoms with Gasteiger partial charge in [0.2, 0.25) is 5.12 Å². The molecular weight excluding hydrogens is 196 g/mol. The van der Waals surface area contributed by atoms with E-state index in [0.717, 1.165) is 5.56 Å². The molecule has 1 aliphatic heterocycles. The highest BCUT2D eigenvalue weighted by Gasteiger charge is 2.25. The molecule has 1 atom stereocenters. The van der Waals surface area contributed by atoms with Crippen molar-refractivity contribution in [2.75, 3.05) is 0 Å². The van der Waals surface area contributed by atoms with Crippen LogP contribution in [0.15, 0.2) is 42.2 Å². The fourth-order valence-corrected chi connectivity index (χ4v) is 2.36. The summed E-state index contributed by atoms with van der Waals surface area (Å²) < 4.78 is 0. The first kappa shape index (κ1) is 9.34. The molecule has 0 aliphatic carbocycles. The van der Waals surface area contributed by atoms with E-state index in [1.54, 1.807) is 0 Å². The van der Waals surface area contributed by atoms with Gasteiger partial charge in [-0.1, -0.05) is 42.1 Å². The standard InChI is InChI=1S/C11H10O2S/c12-9-7-11(13)14-10(9)6-8-4-2-1-3-5-8/h1-5,7,10,12H,6H2. The van der Waals surface area contributed by atoms with E-state index in [0.29, 0.717) is 6.42 Å². The fourth-order valence-electron chi connectivity index (χ4n) is 1.42. The molecule has 0 saturated carbocycles. The van der Waals surface area contributed by atoms with Gasteiger partial charge < -0.3 is 5.11 Å². The maximum Gasteiger partial charge on any atom is 0.216 e. The van der Waals surface area contributed by atoms with Gasteiger partial charge in [-0.2, -0.15) is 0 Å². The van der Waals surface area contributed by atoms with E-state index in [1.165, 1.54) is 17.8 Å². The average molecular weight is 206 g/mol. The summed E-state index contributed by atoms with van der Waals surface area (Å²) in [6.45, 7) is 0. The number of aliphatic hydroxyl groups excluding tert-OH is 1. The van der Waals surface area contributed by atoms with Crippen LogP contribution in [0.3, 0.4) is 0 Å². The highest BCUT2D eigenvalue weighted by molar-refractivity contribution is 8.15. The molecule has 0 fully saturated rings. The molecule has 0 aromatic heterocycles. The molecule has 1 unspecified atom stereocenters. The minimum atomic E-state index is -0.0927. The van der Waals surface area contributed by atoms with Crippen LogP contribution < -0.4 is 0 Å². The van der Waals surface area contributed by atoms with Gasteiger partial charge >= 0.3 is 0 Å². The van der Waals surface area contributed by atoms with Crippen LogP contribution in [0.2, 0.25) is 0 Å². The molecule has 2 rings (SSSR count). The lowest BCUT2D eigenvalue weighted by Crippen LogP contribution is -2.06. The molecule has 1 N–H and O–H groups in total. The molecule has 1 aromatic carbocycles. The van der Waals surface area contributed by atoms with Gasteiger partial charge in [0.1, 0.15) is 5.76 Å². The van der Waals surface area contributed by atoms with Gasteiger partial charge in [0.25, 0.3) is 0 Å². The van der Waals surface area contributed by atoms with Gasteiger partial charge in [-0.15, -0.1) is 0 Å². The number of hydrogen-bond donors (Lipinski definition) is 1. The highest BCUT2D eigenvalue weighted by Crippen LogP contribution is 2.29. The lowest BCUT2D eigenvalue weighted by molar-refractivity contribution is -0.106. The quantitative estimate of drug-likeness (QED) is 0.806. The smallest absolute Gasteiger partial charge is 0.216 e. The van der Waals surface area contributed by atoms with E-state index in [1.807, 2.05) is 30.3 Å². The first-order chi connectivity index (χ1) is 6.75. The second-order valence-corrected chi connectivity index (χ2v) is 4.39. The van der Waals surface area contributed by atoms with Gasteiger partial charge in [0, 0.05) is 6.08 Å². The highest BCUT2D eigenvalue weighted by atomic mass is 32.2. The lowest BCUT2D eigenvalue weighted by atomic mass is 10.1. The Balaban J connectivity index is 2.07. The summed E-state index contributed by atoms with van der Waals surface area (Å²) >= 11 is 1.19. The average Bonchev–Trinajstić information content (AvgIpc) is 2.47. The summed E-state index contributed by atoms with van der Waals surface area (Å²) in [5, 5.41) is 9.30. The van der Waals surface area contributed by atoms with Crippen molar-refractivity contribution in [3.05, 3.63) is 47.7 Å². The van der Waals surface area contributed by atoms with Crippen molar-refractivity contribution < 1.29 is 9.90 Å². The molecule has 72 valence electrons. The van der Waals surface area contributed by atoms with Crippen molar-refractivity contribution in [2.24, 2.45) is 0 Å². The van der Waals surface area contributed by atoms with Gasteiger partial charge in [0.15, 0.2) is 0 Å². The monoisotopic (exact) mass is 206 g/mol. The number of aliphatic hydroxyl groups is 1. The molecule has 3 heteroatoms.